The van der Waals surface area contributed by atoms with Gasteiger partial charge in [-0.1, -0.05) is 34.8 Å². The number of halogens is 2. The normalized spacial score (nSPS) is 10.8. The predicted octanol–water partition coefficient (Wildman–Crippen LogP) is 4.99. The zero-order valence-electron chi connectivity index (χ0n) is 13.2. The molecule has 0 atom stereocenters. The standard InChI is InChI=1S/C18H15Cl2N3O/c1-9-3-4-16-11(5-9)6-13(10(2)22-16)18(24)23-12-7-14(19)17(21)15(20)8-12/h3-8H,21H2,1-2H3,(H,23,24). The van der Waals surface area contributed by atoms with Crippen molar-refractivity contribution >= 4 is 51.4 Å². The Hall–Kier alpha value is -2.30. The minimum absolute atomic E-state index is 0.277. The first-order chi connectivity index (χ1) is 11.3. The second-order valence-electron chi connectivity index (χ2n) is 5.63. The van der Waals surface area contributed by atoms with E-state index in [0.29, 0.717) is 27.0 Å². The van der Waals surface area contributed by atoms with Gasteiger partial charge in [-0.2, -0.15) is 0 Å². The van der Waals surface area contributed by atoms with Gasteiger partial charge in [0.25, 0.3) is 5.91 Å². The molecule has 0 saturated heterocycles. The van der Waals surface area contributed by atoms with Gasteiger partial charge in [-0.05, 0) is 44.2 Å². The first kappa shape index (κ1) is 16.6. The van der Waals surface area contributed by atoms with Crippen LogP contribution in [-0.2, 0) is 0 Å². The molecule has 3 aromatic rings. The van der Waals surface area contributed by atoms with E-state index in [-0.39, 0.29) is 11.6 Å². The van der Waals surface area contributed by atoms with Crippen LogP contribution in [0.3, 0.4) is 0 Å². The minimum Gasteiger partial charge on any atom is -0.396 e. The molecule has 4 nitrogen and oxygen atoms in total. The molecule has 6 heteroatoms. The monoisotopic (exact) mass is 359 g/mol. The summed E-state index contributed by atoms with van der Waals surface area (Å²) < 4.78 is 0. The third-order valence-electron chi connectivity index (χ3n) is 3.74. The number of carbonyl (C=O) groups is 1. The molecule has 0 spiro atoms. The van der Waals surface area contributed by atoms with E-state index in [4.69, 9.17) is 28.9 Å². The summed E-state index contributed by atoms with van der Waals surface area (Å²) in [6, 6.07) is 10.9. The molecule has 3 rings (SSSR count). The van der Waals surface area contributed by atoms with E-state index in [2.05, 4.69) is 10.3 Å². The Labute approximate surface area is 149 Å². The van der Waals surface area contributed by atoms with Gasteiger partial charge in [-0.15, -0.1) is 0 Å². The van der Waals surface area contributed by atoms with Gasteiger partial charge in [0.1, 0.15) is 0 Å². The number of pyridine rings is 1. The topological polar surface area (TPSA) is 68.0 Å². The minimum atomic E-state index is -0.277. The third kappa shape index (κ3) is 3.16. The highest BCUT2D eigenvalue weighted by atomic mass is 35.5. The van der Waals surface area contributed by atoms with Crippen molar-refractivity contribution in [3.05, 3.63) is 63.3 Å². The van der Waals surface area contributed by atoms with E-state index in [0.717, 1.165) is 16.5 Å². The lowest BCUT2D eigenvalue weighted by molar-refractivity contribution is 0.102. The Balaban J connectivity index is 1.98. The molecule has 2 aromatic carbocycles. The number of nitrogen functional groups attached to an aromatic ring is 1. The Morgan fingerprint density at radius 2 is 1.75 bits per heavy atom. The van der Waals surface area contributed by atoms with E-state index < -0.39 is 0 Å². The van der Waals surface area contributed by atoms with Crippen molar-refractivity contribution in [3.8, 4) is 0 Å². The van der Waals surface area contributed by atoms with Crippen molar-refractivity contribution in [2.45, 2.75) is 13.8 Å². The lowest BCUT2D eigenvalue weighted by atomic mass is 10.1. The Morgan fingerprint density at radius 3 is 2.42 bits per heavy atom. The highest BCUT2D eigenvalue weighted by Crippen LogP contribution is 2.31. The second kappa shape index (κ2) is 6.30. The van der Waals surface area contributed by atoms with Gasteiger partial charge in [-0.25, -0.2) is 0 Å². The molecule has 3 N–H and O–H groups in total. The average molecular weight is 360 g/mol. The quantitative estimate of drug-likeness (QED) is 0.633. The second-order valence-corrected chi connectivity index (χ2v) is 6.44. The van der Waals surface area contributed by atoms with Crippen LogP contribution < -0.4 is 11.1 Å². The van der Waals surface area contributed by atoms with Crippen LogP contribution in [0.5, 0.6) is 0 Å². The summed E-state index contributed by atoms with van der Waals surface area (Å²) in [5, 5.41) is 4.29. The van der Waals surface area contributed by atoms with Crippen molar-refractivity contribution < 1.29 is 4.79 Å². The predicted molar refractivity (Wildman–Crippen MR) is 100 cm³/mol. The number of rotatable bonds is 2. The molecule has 1 amide bonds. The number of benzene rings is 2. The number of aromatic nitrogens is 1. The average Bonchev–Trinajstić information content (AvgIpc) is 2.52. The van der Waals surface area contributed by atoms with Gasteiger partial charge in [0.15, 0.2) is 0 Å². The van der Waals surface area contributed by atoms with Crippen LogP contribution >= 0.6 is 23.2 Å². The summed E-state index contributed by atoms with van der Waals surface area (Å²) in [5.41, 5.74) is 9.58. The molecule has 0 aliphatic rings. The summed E-state index contributed by atoms with van der Waals surface area (Å²) in [7, 11) is 0. The maximum Gasteiger partial charge on any atom is 0.257 e. The third-order valence-corrected chi connectivity index (χ3v) is 4.37. The van der Waals surface area contributed by atoms with E-state index in [9.17, 15) is 4.79 Å². The molecule has 0 aliphatic carbocycles. The number of nitrogens with zero attached hydrogens (tertiary/aromatic N) is 1. The molecular weight excluding hydrogens is 345 g/mol. The maximum atomic E-state index is 12.6. The number of nitrogens with two attached hydrogens (primary N) is 1. The van der Waals surface area contributed by atoms with E-state index in [1.165, 1.54) is 0 Å². The molecular formula is C18H15Cl2N3O. The van der Waals surface area contributed by atoms with E-state index >= 15 is 0 Å². The SMILES string of the molecule is Cc1ccc2nc(C)c(C(=O)Nc3cc(Cl)c(N)c(Cl)c3)cc2c1. The van der Waals surface area contributed by atoms with Crippen LogP contribution in [0.1, 0.15) is 21.6 Å². The number of hydrogen-bond donors (Lipinski definition) is 2. The van der Waals surface area contributed by atoms with Crippen LogP contribution in [0.4, 0.5) is 11.4 Å². The number of aryl methyl sites for hydroxylation is 2. The van der Waals surface area contributed by atoms with Crippen LogP contribution in [-0.4, -0.2) is 10.9 Å². The fourth-order valence-electron chi connectivity index (χ4n) is 2.48. The summed E-state index contributed by atoms with van der Waals surface area (Å²) in [6.45, 7) is 3.80. The maximum absolute atomic E-state index is 12.6. The fraction of sp³-hybridized carbons (Fsp3) is 0.111. The first-order valence-corrected chi connectivity index (χ1v) is 8.04. The number of fused-ring (bicyclic) bond motifs is 1. The summed E-state index contributed by atoms with van der Waals surface area (Å²) in [4.78, 5) is 17.1. The smallest absolute Gasteiger partial charge is 0.257 e. The molecule has 1 heterocycles. The Kier molecular flexibility index (Phi) is 4.35. The highest BCUT2D eigenvalue weighted by molar-refractivity contribution is 6.39. The molecule has 122 valence electrons. The van der Waals surface area contributed by atoms with Crippen molar-refractivity contribution in [1.82, 2.24) is 4.98 Å². The van der Waals surface area contributed by atoms with Gasteiger partial charge in [0.2, 0.25) is 0 Å². The first-order valence-electron chi connectivity index (χ1n) is 7.29. The molecule has 0 saturated carbocycles. The molecule has 0 bridgehead atoms. The van der Waals surface area contributed by atoms with Gasteiger partial charge in [-0.3, -0.25) is 9.78 Å². The fourth-order valence-corrected chi connectivity index (χ4v) is 2.96. The lowest BCUT2D eigenvalue weighted by Gasteiger charge is -2.11. The molecule has 0 unspecified atom stereocenters. The van der Waals surface area contributed by atoms with Gasteiger partial charge in [0.05, 0.1) is 32.5 Å². The molecule has 0 fully saturated rings. The number of anilines is 2. The van der Waals surface area contributed by atoms with Crippen LogP contribution in [0.25, 0.3) is 10.9 Å². The van der Waals surface area contributed by atoms with Crippen molar-refractivity contribution in [3.63, 3.8) is 0 Å². The summed E-state index contributed by atoms with van der Waals surface area (Å²) >= 11 is 12.0. The number of hydrogen-bond acceptors (Lipinski definition) is 3. The van der Waals surface area contributed by atoms with Gasteiger partial charge >= 0.3 is 0 Å². The van der Waals surface area contributed by atoms with Crippen LogP contribution in [0.2, 0.25) is 10.0 Å². The zero-order chi connectivity index (χ0) is 17.4. The number of nitrogens with one attached hydrogen (secondary N) is 1. The number of carbonyl (C=O) groups excluding carboxylic acids is 1. The Morgan fingerprint density at radius 1 is 1.08 bits per heavy atom. The zero-order valence-corrected chi connectivity index (χ0v) is 14.7. The molecule has 0 radical (unpaired) electrons. The molecule has 24 heavy (non-hydrogen) atoms. The number of amides is 1. The summed E-state index contributed by atoms with van der Waals surface area (Å²) in [6.07, 6.45) is 0. The van der Waals surface area contributed by atoms with E-state index in [1.54, 1.807) is 19.1 Å². The van der Waals surface area contributed by atoms with Gasteiger partial charge < -0.3 is 11.1 Å². The van der Waals surface area contributed by atoms with Crippen LogP contribution in [0.15, 0.2) is 36.4 Å². The molecule has 0 aliphatic heterocycles. The lowest BCUT2D eigenvalue weighted by Crippen LogP contribution is -2.14. The van der Waals surface area contributed by atoms with Crippen molar-refractivity contribution in [2.24, 2.45) is 0 Å². The van der Waals surface area contributed by atoms with Gasteiger partial charge in [0, 0.05) is 11.1 Å². The van der Waals surface area contributed by atoms with Crippen molar-refractivity contribution in [2.75, 3.05) is 11.1 Å². The van der Waals surface area contributed by atoms with Crippen molar-refractivity contribution in [1.29, 1.82) is 0 Å². The molecule has 1 aromatic heterocycles. The van der Waals surface area contributed by atoms with Crippen LogP contribution in [0, 0.1) is 13.8 Å². The summed E-state index contributed by atoms with van der Waals surface area (Å²) in [5.74, 6) is -0.277. The highest BCUT2D eigenvalue weighted by Gasteiger charge is 2.14. The Bertz CT molecular complexity index is 947. The van der Waals surface area contributed by atoms with E-state index in [1.807, 2.05) is 31.2 Å². The largest absolute Gasteiger partial charge is 0.396 e.